The molecule has 0 radical (unpaired) electrons. The lowest BCUT2D eigenvalue weighted by atomic mass is 10.2. The number of aliphatic imine (C=N–C) groups is 1. The van der Waals surface area contributed by atoms with Gasteiger partial charge in [-0.3, -0.25) is 9.39 Å². The Hall–Kier alpha value is -2.84. The van der Waals surface area contributed by atoms with Gasteiger partial charge in [0.05, 0.1) is 12.6 Å². The quantitative estimate of drug-likeness (QED) is 0.785. The van der Waals surface area contributed by atoms with Crippen molar-refractivity contribution in [2.45, 2.75) is 45.3 Å². The van der Waals surface area contributed by atoms with Crippen LogP contribution in [0.2, 0.25) is 0 Å². The van der Waals surface area contributed by atoms with Crippen LogP contribution in [-0.4, -0.2) is 80.8 Å². The summed E-state index contributed by atoms with van der Waals surface area (Å²) in [6.45, 7) is 9.27. The van der Waals surface area contributed by atoms with E-state index >= 15 is 0 Å². The molecule has 2 aromatic heterocycles. The van der Waals surface area contributed by atoms with Crippen molar-refractivity contribution in [2.24, 2.45) is 4.99 Å². The minimum absolute atomic E-state index is 0.221. The smallest absolute Gasteiger partial charge is 0.410 e. The Kier molecular flexibility index (Phi) is 5.29. The van der Waals surface area contributed by atoms with Gasteiger partial charge in [-0.25, -0.2) is 4.79 Å². The van der Waals surface area contributed by atoms with Crippen LogP contribution in [0.1, 0.15) is 33.0 Å². The lowest BCUT2D eigenvalue weighted by Crippen LogP contribution is -2.57. The number of carbonyl (C=O) groups is 1. The highest BCUT2D eigenvalue weighted by Gasteiger charge is 2.36. The van der Waals surface area contributed by atoms with Gasteiger partial charge in [0, 0.05) is 38.8 Å². The van der Waals surface area contributed by atoms with Crippen molar-refractivity contribution in [1.29, 1.82) is 0 Å². The Labute approximate surface area is 170 Å². The summed E-state index contributed by atoms with van der Waals surface area (Å²) in [6, 6.07) is 6.13. The molecule has 1 N–H and O–H groups in total. The van der Waals surface area contributed by atoms with Crippen LogP contribution in [0.3, 0.4) is 0 Å². The normalized spacial score (nSPS) is 19.3. The first kappa shape index (κ1) is 19.5. The molecule has 0 saturated carbocycles. The number of ether oxygens (including phenoxy) is 1. The molecule has 1 amide bonds. The maximum Gasteiger partial charge on any atom is 0.410 e. The molecule has 4 heterocycles. The lowest BCUT2D eigenvalue weighted by molar-refractivity contribution is 0.0137. The molecule has 2 aromatic rings. The van der Waals surface area contributed by atoms with E-state index in [1.165, 1.54) is 0 Å². The number of hydrogen-bond acceptors (Lipinski definition) is 7. The number of nitrogens with zero attached hydrogens (tertiary/aromatic N) is 6. The number of carbonyl (C=O) groups excluding carboxylic acids is 1. The van der Waals surface area contributed by atoms with Crippen molar-refractivity contribution in [3.8, 4) is 0 Å². The molecular weight excluding hydrogens is 370 g/mol. The van der Waals surface area contributed by atoms with Crippen molar-refractivity contribution < 1.29 is 9.53 Å². The summed E-state index contributed by atoms with van der Waals surface area (Å²) in [5.41, 5.74) is 0.407. The number of piperazine rings is 1. The molecule has 4 rings (SSSR count). The minimum Gasteiger partial charge on any atom is -0.444 e. The van der Waals surface area contributed by atoms with Gasteiger partial charge in [0.15, 0.2) is 11.6 Å². The molecule has 0 aliphatic carbocycles. The third-order valence-electron chi connectivity index (χ3n) is 5.10. The molecule has 1 unspecified atom stereocenters. The predicted octanol–water partition coefficient (Wildman–Crippen LogP) is 1.54. The molecule has 2 aliphatic heterocycles. The molecule has 0 aromatic carbocycles. The van der Waals surface area contributed by atoms with E-state index in [1.807, 2.05) is 49.6 Å². The third kappa shape index (κ3) is 4.44. The highest BCUT2D eigenvalue weighted by molar-refractivity contribution is 5.82. The van der Waals surface area contributed by atoms with Crippen LogP contribution in [0, 0.1) is 0 Å². The highest BCUT2D eigenvalue weighted by Crippen LogP contribution is 2.18. The van der Waals surface area contributed by atoms with Crippen LogP contribution < -0.4 is 5.32 Å². The first-order valence-corrected chi connectivity index (χ1v) is 10.2. The SMILES string of the molecule is CC(C)(C)OC(=O)N1CCN2C(NCCCc3nnc4ccccn34)=NCC2C1. The fraction of sp³-hybridized carbons (Fsp3) is 0.600. The third-order valence-corrected chi connectivity index (χ3v) is 5.10. The van der Waals surface area contributed by atoms with Crippen molar-refractivity contribution in [3.63, 3.8) is 0 Å². The Bertz CT molecular complexity index is 902. The van der Waals surface area contributed by atoms with Gasteiger partial charge in [-0.1, -0.05) is 6.07 Å². The maximum absolute atomic E-state index is 12.3. The van der Waals surface area contributed by atoms with Crippen molar-refractivity contribution in [1.82, 2.24) is 29.7 Å². The summed E-state index contributed by atoms with van der Waals surface area (Å²) < 4.78 is 7.53. The summed E-state index contributed by atoms with van der Waals surface area (Å²) in [7, 11) is 0. The van der Waals surface area contributed by atoms with Crippen LogP contribution in [0.4, 0.5) is 4.79 Å². The van der Waals surface area contributed by atoms with Crippen LogP contribution in [0.25, 0.3) is 5.65 Å². The zero-order valence-corrected chi connectivity index (χ0v) is 17.3. The fourth-order valence-electron chi connectivity index (χ4n) is 3.73. The maximum atomic E-state index is 12.3. The summed E-state index contributed by atoms with van der Waals surface area (Å²) in [4.78, 5) is 21.0. The van der Waals surface area contributed by atoms with Gasteiger partial charge in [-0.05, 0) is 39.3 Å². The first-order chi connectivity index (χ1) is 13.9. The largest absolute Gasteiger partial charge is 0.444 e. The molecule has 1 saturated heterocycles. The van der Waals surface area contributed by atoms with Gasteiger partial charge < -0.3 is 19.9 Å². The van der Waals surface area contributed by atoms with Crippen molar-refractivity contribution in [3.05, 3.63) is 30.2 Å². The molecule has 2 aliphatic rings. The molecule has 156 valence electrons. The molecule has 9 heteroatoms. The predicted molar refractivity (Wildman–Crippen MR) is 110 cm³/mol. The van der Waals surface area contributed by atoms with Gasteiger partial charge in [0.1, 0.15) is 11.4 Å². The zero-order chi connectivity index (χ0) is 20.4. The zero-order valence-electron chi connectivity index (χ0n) is 17.3. The molecule has 1 fully saturated rings. The number of guanidine groups is 1. The summed E-state index contributed by atoms with van der Waals surface area (Å²) in [5.74, 6) is 1.91. The first-order valence-electron chi connectivity index (χ1n) is 10.2. The van der Waals surface area contributed by atoms with E-state index in [1.54, 1.807) is 4.90 Å². The number of aromatic nitrogens is 3. The van der Waals surface area contributed by atoms with E-state index in [-0.39, 0.29) is 12.1 Å². The van der Waals surface area contributed by atoms with Gasteiger partial charge >= 0.3 is 6.09 Å². The van der Waals surface area contributed by atoms with Gasteiger partial charge in [-0.15, -0.1) is 10.2 Å². The van der Waals surface area contributed by atoms with E-state index in [4.69, 9.17) is 4.74 Å². The highest BCUT2D eigenvalue weighted by atomic mass is 16.6. The van der Waals surface area contributed by atoms with Gasteiger partial charge in [-0.2, -0.15) is 0 Å². The van der Waals surface area contributed by atoms with E-state index < -0.39 is 5.60 Å². The Morgan fingerprint density at radius 3 is 2.97 bits per heavy atom. The average Bonchev–Trinajstić information content (AvgIpc) is 3.27. The van der Waals surface area contributed by atoms with E-state index in [0.29, 0.717) is 19.6 Å². The second-order valence-electron chi connectivity index (χ2n) is 8.51. The van der Waals surface area contributed by atoms with Gasteiger partial charge in [0.25, 0.3) is 0 Å². The number of amides is 1. The number of pyridine rings is 1. The van der Waals surface area contributed by atoms with Crippen LogP contribution in [0.5, 0.6) is 0 Å². The van der Waals surface area contributed by atoms with Crippen LogP contribution >= 0.6 is 0 Å². The molecule has 29 heavy (non-hydrogen) atoms. The molecule has 0 spiro atoms. The van der Waals surface area contributed by atoms with E-state index in [9.17, 15) is 4.79 Å². The molecule has 9 nitrogen and oxygen atoms in total. The number of rotatable bonds is 4. The number of aryl methyl sites for hydroxylation is 1. The summed E-state index contributed by atoms with van der Waals surface area (Å²) >= 11 is 0. The van der Waals surface area contributed by atoms with Crippen LogP contribution in [0.15, 0.2) is 29.4 Å². The van der Waals surface area contributed by atoms with Crippen molar-refractivity contribution >= 4 is 17.7 Å². The van der Waals surface area contributed by atoms with E-state index in [0.717, 1.165) is 43.4 Å². The molecule has 0 bridgehead atoms. The Balaban J connectivity index is 1.23. The lowest BCUT2D eigenvalue weighted by Gasteiger charge is -2.39. The summed E-state index contributed by atoms with van der Waals surface area (Å²) in [5, 5.41) is 11.9. The molecular formula is C20H29N7O2. The molecule has 1 atom stereocenters. The van der Waals surface area contributed by atoms with E-state index in [2.05, 4.69) is 25.4 Å². The summed E-state index contributed by atoms with van der Waals surface area (Å²) in [6.07, 6.45) is 3.55. The topological polar surface area (TPSA) is 87.4 Å². The Morgan fingerprint density at radius 2 is 2.14 bits per heavy atom. The Morgan fingerprint density at radius 1 is 1.28 bits per heavy atom. The van der Waals surface area contributed by atoms with Gasteiger partial charge in [0.2, 0.25) is 0 Å². The number of hydrogen-bond donors (Lipinski definition) is 1. The number of fused-ring (bicyclic) bond motifs is 2. The average molecular weight is 399 g/mol. The fourth-order valence-corrected chi connectivity index (χ4v) is 3.73. The second kappa shape index (κ2) is 7.88. The van der Waals surface area contributed by atoms with Crippen LogP contribution in [-0.2, 0) is 11.2 Å². The standard InChI is InChI=1S/C20H29N7O2/c1-20(2,3)29-19(28)25-11-12-26-15(14-25)13-22-18(26)21-9-6-8-17-24-23-16-7-4-5-10-27(16)17/h4-5,7,10,15H,6,8-9,11-14H2,1-3H3,(H,21,22). The van der Waals surface area contributed by atoms with Crippen molar-refractivity contribution in [2.75, 3.05) is 32.7 Å². The second-order valence-corrected chi connectivity index (χ2v) is 8.51. The number of nitrogens with one attached hydrogen (secondary N) is 1. The minimum atomic E-state index is -0.469. The monoisotopic (exact) mass is 399 g/mol.